The van der Waals surface area contributed by atoms with Gasteiger partial charge in [0.15, 0.2) is 0 Å². The van der Waals surface area contributed by atoms with Crippen LogP contribution in [0, 0.1) is 6.92 Å². The largest absolute Gasteiger partial charge is 0.385 e. The van der Waals surface area contributed by atoms with Gasteiger partial charge in [-0.25, -0.2) is 4.98 Å². The summed E-state index contributed by atoms with van der Waals surface area (Å²) in [7, 11) is 1.56. The van der Waals surface area contributed by atoms with Crippen LogP contribution in [0.4, 0.5) is 5.82 Å². The van der Waals surface area contributed by atoms with Crippen molar-refractivity contribution in [3.8, 4) is 5.95 Å². The Morgan fingerprint density at radius 1 is 1.33 bits per heavy atom. The number of amides is 2. The molecule has 1 aliphatic carbocycles. The Morgan fingerprint density at radius 2 is 2.15 bits per heavy atom. The first-order valence-corrected chi connectivity index (χ1v) is 8.77. The van der Waals surface area contributed by atoms with Gasteiger partial charge in [-0.05, 0) is 32.6 Å². The zero-order chi connectivity index (χ0) is 19.4. The Bertz CT molecular complexity index is 917. The molecule has 10 nitrogen and oxygen atoms in total. The van der Waals surface area contributed by atoms with Gasteiger partial charge in [0.25, 0.3) is 5.56 Å². The molecule has 0 saturated carbocycles. The SMILES string of the molecule is COCCCNC(=O)C(=O)Nc1cc(C)nn1-c1nc2c(c(=O)[nH]1)CCC2. The van der Waals surface area contributed by atoms with Gasteiger partial charge in [0.1, 0.15) is 5.82 Å². The van der Waals surface area contributed by atoms with Crippen molar-refractivity contribution in [3.05, 3.63) is 33.4 Å². The Hall–Kier alpha value is -3.01. The highest BCUT2D eigenvalue weighted by Crippen LogP contribution is 2.19. The van der Waals surface area contributed by atoms with Gasteiger partial charge in [-0.1, -0.05) is 0 Å². The number of anilines is 1. The molecular formula is C17H22N6O4. The number of carbonyl (C=O) groups excluding carboxylic acids is 2. The number of aryl methyl sites for hydroxylation is 2. The predicted octanol–water partition coefficient (Wildman–Crippen LogP) is -0.156. The minimum absolute atomic E-state index is 0.200. The van der Waals surface area contributed by atoms with Crippen LogP contribution in [0.25, 0.3) is 5.95 Å². The molecule has 2 amide bonds. The molecular weight excluding hydrogens is 352 g/mol. The lowest BCUT2D eigenvalue weighted by Crippen LogP contribution is -2.36. The maximum atomic E-state index is 12.2. The van der Waals surface area contributed by atoms with E-state index >= 15 is 0 Å². The number of aromatic amines is 1. The van der Waals surface area contributed by atoms with Gasteiger partial charge < -0.3 is 15.4 Å². The van der Waals surface area contributed by atoms with Gasteiger partial charge in [0.05, 0.1) is 11.4 Å². The molecule has 0 spiro atoms. The fraction of sp³-hybridized carbons (Fsp3) is 0.471. The third kappa shape index (κ3) is 4.22. The van der Waals surface area contributed by atoms with Gasteiger partial charge in [0, 0.05) is 31.9 Å². The molecule has 0 fully saturated rings. The molecule has 2 aromatic rings. The van der Waals surface area contributed by atoms with Gasteiger partial charge in [-0.15, -0.1) is 0 Å². The average molecular weight is 374 g/mol. The number of nitrogens with one attached hydrogen (secondary N) is 3. The monoisotopic (exact) mass is 374 g/mol. The number of methoxy groups -OCH3 is 1. The Labute approximate surface area is 155 Å². The fourth-order valence-corrected chi connectivity index (χ4v) is 2.95. The van der Waals surface area contributed by atoms with Crippen molar-refractivity contribution in [2.75, 3.05) is 25.6 Å². The third-order valence-electron chi connectivity index (χ3n) is 4.22. The zero-order valence-corrected chi connectivity index (χ0v) is 15.3. The molecule has 0 unspecified atom stereocenters. The highest BCUT2D eigenvalue weighted by Gasteiger charge is 2.21. The van der Waals surface area contributed by atoms with Gasteiger partial charge in [-0.3, -0.25) is 19.4 Å². The van der Waals surface area contributed by atoms with E-state index in [0.29, 0.717) is 37.3 Å². The summed E-state index contributed by atoms with van der Waals surface area (Å²) in [6.45, 7) is 2.56. The number of H-pyrrole nitrogens is 1. The minimum Gasteiger partial charge on any atom is -0.385 e. The highest BCUT2D eigenvalue weighted by atomic mass is 16.5. The number of aromatic nitrogens is 4. The molecule has 0 aromatic carbocycles. The lowest BCUT2D eigenvalue weighted by molar-refractivity contribution is -0.136. The van der Waals surface area contributed by atoms with Crippen molar-refractivity contribution in [2.45, 2.75) is 32.6 Å². The van der Waals surface area contributed by atoms with Crippen LogP contribution in [0.5, 0.6) is 0 Å². The molecule has 0 saturated heterocycles. The summed E-state index contributed by atoms with van der Waals surface area (Å²) in [6.07, 6.45) is 2.94. The number of nitrogens with zero attached hydrogens (tertiary/aromatic N) is 3. The summed E-state index contributed by atoms with van der Waals surface area (Å²) < 4.78 is 6.21. The number of rotatable bonds is 6. The van der Waals surface area contributed by atoms with E-state index in [9.17, 15) is 14.4 Å². The quantitative estimate of drug-likeness (QED) is 0.476. The van der Waals surface area contributed by atoms with E-state index in [0.717, 1.165) is 18.5 Å². The lowest BCUT2D eigenvalue weighted by Gasteiger charge is -2.09. The molecule has 10 heteroatoms. The zero-order valence-electron chi connectivity index (χ0n) is 15.3. The number of hydrogen-bond donors (Lipinski definition) is 3. The van der Waals surface area contributed by atoms with Crippen LogP contribution >= 0.6 is 0 Å². The molecule has 0 atom stereocenters. The first kappa shape index (κ1) is 18.8. The molecule has 2 heterocycles. The standard InChI is InChI=1S/C17H22N6O4/c1-10-9-13(20-16(26)15(25)18-7-4-8-27-2)23(22-10)17-19-12-6-3-5-11(12)14(24)21-17/h9H,3-8H2,1-2H3,(H,18,25)(H,20,26)(H,19,21,24). The predicted molar refractivity (Wildman–Crippen MR) is 96.9 cm³/mol. The summed E-state index contributed by atoms with van der Waals surface area (Å²) in [4.78, 5) is 43.4. The van der Waals surface area contributed by atoms with E-state index in [1.165, 1.54) is 4.68 Å². The van der Waals surface area contributed by atoms with Crippen LogP contribution in [-0.4, -0.2) is 51.8 Å². The second kappa shape index (κ2) is 8.12. The topological polar surface area (TPSA) is 131 Å². The molecule has 3 N–H and O–H groups in total. The van der Waals surface area contributed by atoms with Crippen LogP contribution < -0.4 is 16.2 Å². The molecule has 0 bridgehead atoms. The van der Waals surface area contributed by atoms with Gasteiger partial charge in [-0.2, -0.15) is 9.78 Å². The van der Waals surface area contributed by atoms with E-state index < -0.39 is 11.8 Å². The lowest BCUT2D eigenvalue weighted by atomic mass is 10.3. The second-order valence-electron chi connectivity index (χ2n) is 6.31. The van der Waals surface area contributed by atoms with Crippen molar-refractivity contribution >= 4 is 17.6 Å². The minimum atomic E-state index is -0.822. The Balaban J connectivity index is 1.77. The maximum absolute atomic E-state index is 12.2. The fourth-order valence-electron chi connectivity index (χ4n) is 2.95. The van der Waals surface area contributed by atoms with Crippen LogP contribution in [0.3, 0.4) is 0 Å². The van der Waals surface area contributed by atoms with Crippen LogP contribution in [-0.2, 0) is 27.2 Å². The van der Waals surface area contributed by atoms with Crippen molar-refractivity contribution in [1.29, 1.82) is 0 Å². The van der Waals surface area contributed by atoms with E-state index in [2.05, 4.69) is 25.7 Å². The van der Waals surface area contributed by atoms with Crippen molar-refractivity contribution < 1.29 is 14.3 Å². The number of hydrogen-bond acceptors (Lipinski definition) is 6. The summed E-state index contributed by atoms with van der Waals surface area (Å²) >= 11 is 0. The van der Waals surface area contributed by atoms with E-state index in [1.54, 1.807) is 20.1 Å². The summed E-state index contributed by atoms with van der Waals surface area (Å²) in [5.74, 6) is -1.11. The molecule has 2 aromatic heterocycles. The van der Waals surface area contributed by atoms with Gasteiger partial charge in [0.2, 0.25) is 5.95 Å². The normalized spacial score (nSPS) is 12.7. The van der Waals surface area contributed by atoms with Crippen LogP contribution in [0.1, 0.15) is 29.8 Å². The first-order valence-electron chi connectivity index (χ1n) is 8.77. The van der Waals surface area contributed by atoms with E-state index in [4.69, 9.17) is 4.74 Å². The van der Waals surface area contributed by atoms with Crippen molar-refractivity contribution in [1.82, 2.24) is 25.1 Å². The molecule has 27 heavy (non-hydrogen) atoms. The Kier molecular flexibility index (Phi) is 5.65. The molecule has 144 valence electrons. The summed E-state index contributed by atoms with van der Waals surface area (Å²) in [6, 6.07) is 1.60. The number of carbonyl (C=O) groups is 2. The molecule has 1 aliphatic rings. The molecule has 3 rings (SSSR count). The summed E-state index contributed by atoms with van der Waals surface area (Å²) in [5.41, 5.74) is 1.85. The van der Waals surface area contributed by atoms with Crippen molar-refractivity contribution in [3.63, 3.8) is 0 Å². The first-order chi connectivity index (χ1) is 13.0. The number of fused-ring (bicyclic) bond motifs is 1. The van der Waals surface area contributed by atoms with Crippen LogP contribution in [0.15, 0.2) is 10.9 Å². The second-order valence-corrected chi connectivity index (χ2v) is 6.31. The molecule has 0 radical (unpaired) electrons. The maximum Gasteiger partial charge on any atom is 0.314 e. The summed E-state index contributed by atoms with van der Waals surface area (Å²) in [5, 5.41) is 9.29. The smallest absolute Gasteiger partial charge is 0.314 e. The van der Waals surface area contributed by atoms with Crippen molar-refractivity contribution in [2.24, 2.45) is 0 Å². The highest BCUT2D eigenvalue weighted by molar-refractivity contribution is 6.39. The van der Waals surface area contributed by atoms with Crippen LogP contribution in [0.2, 0.25) is 0 Å². The van der Waals surface area contributed by atoms with E-state index in [1.807, 2.05) is 0 Å². The van der Waals surface area contributed by atoms with Gasteiger partial charge >= 0.3 is 11.8 Å². The average Bonchev–Trinajstić information content (AvgIpc) is 3.25. The van der Waals surface area contributed by atoms with E-state index in [-0.39, 0.29) is 17.3 Å². The Morgan fingerprint density at radius 3 is 2.93 bits per heavy atom. The molecule has 0 aliphatic heterocycles. The third-order valence-corrected chi connectivity index (χ3v) is 4.22. The number of ether oxygens (including phenoxy) is 1.